The molecular formula is C24H28N6O2. The molecule has 0 unspecified atom stereocenters. The Bertz CT molecular complexity index is 1030. The topological polar surface area (TPSA) is 104 Å². The molecule has 1 saturated carbocycles. The van der Waals surface area contributed by atoms with Crippen molar-refractivity contribution in [3.05, 3.63) is 72.1 Å². The van der Waals surface area contributed by atoms with E-state index >= 15 is 0 Å². The molecule has 0 aliphatic heterocycles. The number of carbonyl (C=O) groups excluding carboxylic acids is 2. The Morgan fingerprint density at radius 3 is 2.56 bits per heavy atom. The lowest BCUT2D eigenvalue weighted by atomic mass is 9.79. The highest BCUT2D eigenvalue weighted by Gasteiger charge is 2.29. The molecule has 1 aliphatic carbocycles. The first kappa shape index (κ1) is 21.7. The molecule has 1 aromatic carbocycles. The molecule has 32 heavy (non-hydrogen) atoms. The summed E-state index contributed by atoms with van der Waals surface area (Å²) in [6, 6.07) is 9.71. The van der Waals surface area contributed by atoms with Gasteiger partial charge in [0.05, 0.1) is 23.7 Å². The quantitative estimate of drug-likeness (QED) is 0.594. The van der Waals surface area contributed by atoms with E-state index in [1.54, 1.807) is 17.3 Å². The predicted octanol–water partition coefficient (Wildman–Crippen LogP) is 3.57. The van der Waals surface area contributed by atoms with E-state index in [9.17, 15) is 9.59 Å². The van der Waals surface area contributed by atoms with Gasteiger partial charge in [0.25, 0.3) is 11.8 Å². The highest BCUT2D eigenvalue weighted by molar-refractivity contribution is 6.06. The lowest BCUT2D eigenvalue weighted by Gasteiger charge is -2.29. The number of amides is 2. The average Bonchev–Trinajstić information content (AvgIpc) is 3.34. The summed E-state index contributed by atoms with van der Waals surface area (Å²) < 4.78 is 0. The Morgan fingerprint density at radius 2 is 1.88 bits per heavy atom. The molecule has 3 aromatic rings. The van der Waals surface area contributed by atoms with Crippen LogP contribution in [0.2, 0.25) is 0 Å². The molecule has 2 aromatic heterocycles. The fourth-order valence-electron chi connectivity index (χ4n) is 4.37. The average molecular weight is 433 g/mol. The van der Waals surface area contributed by atoms with Crippen molar-refractivity contribution in [3.63, 3.8) is 0 Å². The molecule has 2 heterocycles. The number of H-pyrrole nitrogens is 1. The number of nitrogens with zero attached hydrogens (tertiary/aromatic N) is 4. The molecule has 0 radical (unpaired) electrons. The first-order valence-electron chi connectivity index (χ1n) is 11.1. The highest BCUT2D eigenvalue weighted by Crippen LogP contribution is 2.36. The van der Waals surface area contributed by atoms with Gasteiger partial charge in [-0.15, -0.1) is 0 Å². The minimum absolute atomic E-state index is 0.0270. The number of hydrogen-bond acceptors (Lipinski definition) is 5. The zero-order valence-electron chi connectivity index (χ0n) is 18.2. The van der Waals surface area contributed by atoms with Crippen molar-refractivity contribution >= 4 is 17.5 Å². The number of hydrogen-bond donors (Lipinski definition) is 2. The summed E-state index contributed by atoms with van der Waals surface area (Å²) >= 11 is 0. The highest BCUT2D eigenvalue weighted by atomic mass is 16.2. The molecule has 0 atom stereocenters. The van der Waals surface area contributed by atoms with Crippen LogP contribution in [0.15, 0.2) is 55.1 Å². The van der Waals surface area contributed by atoms with Gasteiger partial charge in [-0.05, 0) is 50.7 Å². The van der Waals surface area contributed by atoms with E-state index in [1.807, 2.05) is 37.3 Å². The van der Waals surface area contributed by atoms with Gasteiger partial charge < -0.3 is 10.2 Å². The van der Waals surface area contributed by atoms with Gasteiger partial charge in [-0.3, -0.25) is 19.7 Å². The van der Waals surface area contributed by atoms with Gasteiger partial charge in [-0.1, -0.05) is 18.2 Å². The maximum Gasteiger partial charge on any atom is 0.271 e. The number of rotatable bonds is 7. The zero-order valence-corrected chi connectivity index (χ0v) is 18.2. The summed E-state index contributed by atoms with van der Waals surface area (Å²) in [7, 11) is 0. The Hall–Kier alpha value is -3.55. The van der Waals surface area contributed by atoms with Crippen molar-refractivity contribution in [1.29, 1.82) is 0 Å². The van der Waals surface area contributed by atoms with Crippen LogP contribution in [0.1, 0.15) is 65.1 Å². The van der Waals surface area contributed by atoms with Crippen molar-refractivity contribution < 1.29 is 9.59 Å². The Kier molecular flexibility index (Phi) is 6.89. The number of anilines is 1. The second-order valence-electron chi connectivity index (χ2n) is 8.10. The monoisotopic (exact) mass is 432 g/mol. The molecule has 2 N–H and O–H groups in total. The number of aromatic nitrogens is 4. The first-order valence-corrected chi connectivity index (χ1v) is 11.1. The normalized spacial score (nSPS) is 18.2. The van der Waals surface area contributed by atoms with E-state index in [4.69, 9.17) is 0 Å². The van der Waals surface area contributed by atoms with Crippen LogP contribution in [-0.4, -0.2) is 45.1 Å². The van der Waals surface area contributed by atoms with Gasteiger partial charge in [0.1, 0.15) is 5.69 Å². The molecule has 1 fully saturated rings. The van der Waals surface area contributed by atoms with Crippen LogP contribution in [0.4, 0.5) is 5.69 Å². The fraction of sp³-hybridized carbons (Fsp3) is 0.375. The van der Waals surface area contributed by atoms with Gasteiger partial charge in [0.15, 0.2) is 0 Å². The Labute approximate surface area is 187 Å². The van der Waals surface area contributed by atoms with Crippen molar-refractivity contribution in [2.45, 2.75) is 38.5 Å². The van der Waals surface area contributed by atoms with Gasteiger partial charge in [-0.2, -0.15) is 5.10 Å². The second-order valence-corrected chi connectivity index (χ2v) is 8.10. The van der Waals surface area contributed by atoms with Gasteiger partial charge >= 0.3 is 0 Å². The van der Waals surface area contributed by atoms with Crippen molar-refractivity contribution in [3.8, 4) is 0 Å². The summed E-state index contributed by atoms with van der Waals surface area (Å²) in [6.07, 6.45) is 10.0. The number of benzene rings is 1. The molecule has 8 nitrogen and oxygen atoms in total. The molecule has 4 rings (SSSR count). The molecule has 2 amide bonds. The third kappa shape index (κ3) is 4.85. The van der Waals surface area contributed by atoms with Gasteiger partial charge in [0, 0.05) is 37.1 Å². The predicted molar refractivity (Wildman–Crippen MR) is 121 cm³/mol. The van der Waals surface area contributed by atoms with Crippen LogP contribution >= 0.6 is 0 Å². The van der Waals surface area contributed by atoms with E-state index in [-0.39, 0.29) is 17.7 Å². The molecule has 8 heteroatoms. The smallest absolute Gasteiger partial charge is 0.271 e. The molecule has 0 bridgehead atoms. The van der Waals surface area contributed by atoms with Gasteiger partial charge in [-0.25, -0.2) is 4.98 Å². The molecule has 0 spiro atoms. The van der Waals surface area contributed by atoms with E-state index < -0.39 is 0 Å². The summed E-state index contributed by atoms with van der Waals surface area (Å²) in [5.74, 6) is 0.450. The van der Waals surface area contributed by atoms with Crippen LogP contribution in [0.25, 0.3) is 0 Å². The van der Waals surface area contributed by atoms with Crippen LogP contribution in [0, 0.1) is 5.92 Å². The van der Waals surface area contributed by atoms with Crippen LogP contribution < -0.4 is 10.2 Å². The van der Waals surface area contributed by atoms with E-state index in [2.05, 4.69) is 25.5 Å². The summed E-state index contributed by atoms with van der Waals surface area (Å²) in [5, 5.41) is 10.3. The lowest BCUT2D eigenvalue weighted by Crippen LogP contribution is -2.33. The zero-order chi connectivity index (χ0) is 22.3. The van der Waals surface area contributed by atoms with E-state index in [1.165, 1.54) is 12.4 Å². The standard InChI is InChI=1S/C24H28N6O2/c1-2-30(19-6-4-3-5-7-19)24(32)20-15-28-29-22(20)18-10-8-17(9-11-18)14-27-23(31)21-16-25-12-13-26-21/h3-7,12-13,15-18H,2,8-11,14H2,1H3,(H,27,31)(H,28,29). The molecule has 1 aliphatic rings. The van der Waals surface area contributed by atoms with E-state index in [0.29, 0.717) is 30.3 Å². The third-order valence-electron chi connectivity index (χ3n) is 6.13. The van der Waals surface area contributed by atoms with Gasteiger partial charge in [0.2, 0.25) is 0 Å². The van der Waals surface area contributed by atoms with Crippen LogP contribution in [-0.2, 0) is 0 Å². The number of carbonyl (C=O) groups is 2. The number of nitrogens with one attached hydrogen (secondary N) is 2. The maximum atomic E-state index is 13.3. The van der Waals surface area contributed by atoms with Crippen molar-refractivity contribution in [1.82, 2.24) is 25.5 Å². The minimum atomic E-state index is -0.192. The third-order valence-corrected chi connectivity index (χ3v) is 6.13. The first-order chi connectivity index (χ1) is 15.7. The Balaban J connectivity index is 1.35. The summed E-state index contributed by atoms with van der Waals surface area (Å²) in [4.78, 5) is 35.2. The largest absolute Gasteiger partial charge is 0.350 e. The summed E-state index contributed by atoms with van der Waals surface area (Å²) in [5.41, 5.74) is 2.79. The minimum Gasteiger partial charge on any atom is -0.350 e. The second kappa shape index (κ2) is 10.2. The van der Waals surface area contributed by atoms with Crippen LogP contribution in [0.3, 0.4) is 0 Å². The van der Waals surface area contributed by atoms with Crippen molar-refractivity contribution in [2.24, 2.45) is 5.92 Å². The maximum absolute atomic E-state index is 13.3. The molecule has 0 saturated heterocycles. The van der Waals surface area contributed by atoms with Crippen LogP contribution in [0.5, 0.6) is 0 Å². The summed E-state index contributed by atoms with van der Waals surface area (Å²) in [6.45, 7) is 3.19. The molecule has 166 valence electrons. The lowest BCUT2D eigenvalue weighted by molar-refractivity contribution is 0.0935. The SMILES string of the molecule is CCN(C(=O)c1cn[nH]c1C1CCC(CNC(=O)c2cnccn2)CC1)c1ccccc1. The fourth-order valence-corrected chi connectivity index (χ4v) is 4.37. The number of para-hydroxylation sites is 1. The Morgan fingerprint density at radius 1 is 1.09 bits per heavy atom. The van der Waals surface area contributed by atoms with E-state index in [0.717, 1.165) is 37.1 Å². The molecular weight excluding hydrogens is 404 g/mol. The van der Waals surface area contributed by atoms with Crippen molar-refractivity contribution in [2.75, 3.05) is 18.0 Å². The number of aromatic amines is 1.